The van der Waals surface area contributed by atoms with E-state index < -0.39 is 0 Å². The predicted octanol–water partition coefficient (Wildman–Crippen LogP) is 1.95. The molecule has 1 unspecified atom stereocenters. The summed E-state index contributed by atoms with van der Waals surface area (Å²) in [6.45, 7) is 5.97. The Morgan fingerprint density at radius 3 is 2.58 bits per heavy atom. The van der Waals surface area contributed by atoms with Gasteiger partial charge in [0.25, 0.3) is 0 Å². The molecule has 0 aliphatic heterocycles. The quantitative estimate of drug-likeness (QED) is 0.754. The molecule has 1 aromatic rings. The van der Waals surface area contributed by atoms with Gasteiger partial charge in [0.1, 0.15) is 5.75 Å². The highest BCUT2D eigenvalue weighted by molar-refractivity contribution is 5.78. The van der Waals surface area contributed by atoms with Crippen LogP contribution in [0, 0.1) is 5.92 Å². The van der Waals surface area contributed by atoms with E-state index in [0.29, 0.717) is 13.1 Å². The Morgan fingerprint density at radius 1 is 1.32 bits per heavy atom. The van der Waals surface area contributed by atoms with Gasteiger partial charge in [0.05, 0.1) is 6.61 Å². The van der Waals surface area contributed by atoms with Gasteiger partial charge in [-0.15, -0.1) is 0 Å². The van der Waals surface area contributed by atoms with Crippen LogP contribution >= 0.6 is 0 Å². The number of ether oxygens (including phenoxy) is 1. The average molecular weight is 264 g/mol. The first kappa shape index (κ1) is 15.5. The molecule has 2 N–H and O–H groups in total. The standard InChI is InChI=1S/C15H24N2O2/c1-4-9-19-14-7-5-13(6-8-14)11-17-15(18)12(2)10-16-3/h5-8,12,16H,4,9-11H2,1-3H3,(H,17,18). The maximum absolute atomic E-state index is 11.7. The summed E-state index contributed by atoms with van der Waals surface area (Å²) in [6.07, 6.45) is 1.00. The van der Waals surface area contributed by atoms with Crippen molar-refractivity contribution in [2.75, 3.05) is 20.2 Å². The molecule has 0 aromatic heterocycles. The second-order valence-electron chi connectivity index (χ2n) is 4.67. The second kappa shape index (κ2) is 8.53. The molecule has 0 radical (unpaired) electrons. The average Bonchev–Trinajstić information content (AvgIpc) is 2.43. The van der Waals surface area contributed by atoms with E-state index in [2.05, 4.69) is 17.6 Å². The maximum Gasteiger partial charge on any atom is 0.224 e. The first-order valence-electron chi connectivity index (χ1n) is 6.81. The highest BCUT2D eigenvalue weighted by Gasteiger charge is 2.10. The number of carbonyl (C=O) groups excluding carboxylic acids is 1. The fourth-order valence-corrected chi connectivity index (χ4v) is 1.69. The summed E-state index contributed by atoms with van der Waals surface area (Å²) in [5.41, 5.74) is 1.08. The van der Waals surface area contributed by atoms with Crippen molar-refractivity contribution in [2.24, 2.45) is 5.92 Å². The van der Waals surface area contributed by atoms with Crippen molar-refractivity contribution >= 4 is 5.91 Å². The molecule has 0 aliphatic rings. The molecular formula is C15H24N2O2. The monoisotopic (exact) mass is 264 g/mol. The van der Waals surface area contributed by atoms with Gasteiger partial charge < -0.3 is 15.4 Å². The summed E-state index contributed by atoms with van der Waals surface area (Å²) in [5, 5.41) is 5.92. The molecule has 0 heterocycles. The highest BCUT2D eigenvalue weighted by Crippen LogP contribution is 2.12. The highest BCUT2D eigenvalue weighted by atomic mass is 16.5. The Bertz CT molecular complexity index is 376. The Morgan fingerprint density at radius 2 is 2.00 bits per heavy atom. The van der Waals surface area contributed by atoms with Gasteiger partial charge in [0, 0.05) is 19.0 Å². The van der Waals surface area contributed by atoms with Crippen molar-refractivity contribution in [2.45, 2.75) is 26.8 Å². The Kier molecular flexibility index (Phi) is 6.97. The van der Waals surface area contributed by atoms with Gasteiger partial charge in [0.15, 0.2) is 0 Å². The summed E-state index contributed by atoms with van der Waals surface area (Å²) in [4.78, 5) is 11.7. The van der Waals surface area contributed by atoms with Crippen LogP contribution in [0.3, 0.4) is 0 Å². The summed E-state index contributed by atoms with van der Waals surface area (Å²) in [7, 11) is 1.85. The Balaban J connectivity index is 2.39. The van der Waals surface area contributed by atoms with Gasteiger partial charge in [-0.3, -0.25) is 4.79 Å². The molecule has 0 saturated heterocycles. The van der Waals surface area contributed by atoms with Gasteiger partial charge in [0.2, 0.25) is 5.91 Å². The normalized spacial score (nSPS) is 11.9. The lowest BCUT2D eigenvalue weighted by atomic mass is 10.1. The van der Waals surface area contributed by atoms with E-state index in [1.807, 2.05) is 38.2 Å². The van der Waals surface area contributed by atoms with Crippen molar-refractivity contribution in [3.63, 3.8) is 0 Å². The number of rotatable bonds is 8. The van der Waals surface area contributed by atoms with E-state index >= 15 is 0 Å². The number of benzene rings is 1. The molecule has 19 heavy (non-hydrogen) atoms. The van der Waals surface area contributed by atoms with Crippen LogP contribution < -0.4 is 15.4 Å². The van der Waals surface area contributed by atoms with Crippen LogP contribution in [-0.2, 0) is 11.3 Å². The fourth-order valence-electron chi connectivity index (χ4n) is 1.69. The lowest BCUT2D eigenvalue weighted by molar-refractivity contribution is -0.124. The predicted molar refractivity (Wildman–Crippen MR) is 77.2 cm³/mol. The molecule has 106 valence electrons. The molecule has 0 aliphatic carbocycles. The first-order valence-corrected chi connectivity index (χ1v) is 6.81. The lowest BCUT2D eigenvalue weighted by Gasteiger charge is -2.12. The number of hydrogen-bond acceptors (Lipinski definition) is 3. The van der Waals surface area contributed by atoms with Crippen LogP contribution in [0.4, 0.5) is 0 Å². The van der Waals surface area contributed by atoms with Crippen molar-refractivity contribution in [3.05, 3.63) is 29.8 Å². The zero-order valence-corrected chi connectivity index (χ0v) is 12.0. The van der Waals surface area contributed by atoms with E-state index in [9.17, 15) is 4.79 Å². The molecular weight excluding hydrogens is 240 g/mol. The Labute approximate surface area is 115 Å². The molecule has 0 saturated carbocycles. The van der Waals surface area contributed by atoms with Gasteiger partial charge in [-0.1, -0.05) is 26.0 Å². The van der Waals surface area contributed by atoms with E-state index in [-0.39, 0.29) is 11.8 Å². The zero-order chi connectivity index (χ0) is 14.1. The minimum atomic E-state index is -0.0165. The van der Waals surface area contributed by atoms with Crippen LogP contribution in [0.5, 0.6) is 5.75 Å². The molecule has 0 spiro atoms. The smallest absolute Gasteiger partial charge is 0.224 e. The summed E-state index contributed by atoms with van der Waals surface area (Å²) in [6, 6.07) is 7.84. The third kappa shape index (κ3) is 5.75. The van der Waals surface area contributed by atoms with Gasteiger partial charge >= 0.3 is 0 Å². The third-order valence-corrected chi connectivity index (χ3v) is 2.82. The van der Waals surface area contributed by atoms with Crippen molar-refractivity contribution < 1.29 is 9.53 Å². The largest absolute Gasteiger partial charge is 0.494 e. The fraction of sp³-hybridized carbons (Fsp3) is 0.533. The van der Waals surface area contributed by atoms with Crippen LogP contribution in [0.2, 0.25) is 0 Å². The van der Waals surface area contributed by atoms with E-state index in [4.69, 9.17) is 4.74 Å². The molecule has 1 amide bonds. The van der Waals surface area contributed by atoms with E-state index in [1.54, 1.807) is 0 Å². The van der Waals surface area contributed by atoms with Gasteiger partial charge in [-0.2, -0.15) is 0 Å². The van der Waals surface area contributed by atoms with Crippen LogP contribution in [0.25, 0.3) is 0 Å². The summed E-state index contributed by atoms with van der Waals surface area (Å²) >= 11 is 0. The number of amides is 1. The van der Waals surface area contributed by atoms with Crippen LogP contribution in [-0.4, -0.2) is 26.1 Å². The lowest BCUT2D eigenvalue weighted by Crippen LogP contribution is -2.33. The minimum absolute atomic E-state index is 0.0165. The number of nitrogens with one attached hydrogen (secondary N) is 2. The van der Waals surface area contributed by atoms with Crippen molar-refractivity contribution in [1.82, 2.24) is 10.6 Å². The van der Waals surface area contributed by atoms with Crippen LogP contribution in [0.15, 0.2) is 24.3 Å². The number of hydrogen-bond donors (Lipinski definition) is 2. The van der Waals surface area contributed by atoms with Crippen molar-refractivity contribution in [3.8, 4) is 5.75 Å². The van der Waals surface area contributed by atoms with Gasteiger partial charge in [-0.25, -0.2) is 0 Å². The molecule has 1 rings (SSSR count). The topological polar surface area (TPSA) is 50.4 Å². The third-order valence-electron chi connectivity index (χ3n) is 2.82. The second-order valence-corrected chi connectivity index (χ2v) is 4.67. The number of carbonyl (C=O) groups is 1. The first-order chi connectivity index (χ1) is 9.17. The SMILES string of the molecule is CCCOc1ccc(CNC(=O)C(C)CNC)cc1. The molecule has 4 heteroatoms. The molecule has 1 aromatic carbocycles. The maximum atomic E-state index is 11.7. The minimum Gasteiger partial charge on any atom is -0.494 e. The summed E-state index contributed by atoms with van der Waals surface area (Å²) in [5.74, 6) is 0.929. The van der Waals surface area contributed by atoms with E-state index in [0.717, 1.165) is 24.3 Å². The van der Waals surface area contributed by atoms with E-state index in [1.165, 1.54) is 0 Å². The van der Waals surface area contributed by atoms with Gasteiger partial charge in [-0.05, 0) is 31.2 Å². The van der Waals surface area contributed by atoms with Crippen LogP contribution in [0.1, 0.15) is 25.8 Å². The molecule has 0 bridgehead atoms. The Hall–Kier alpha value is -1.55. The zero-order valence-electron chi connectivity index (χ0n) is 12.0. The summed E-state index contributed by atoms with van der Waals surface area (Å²) < 4.78 is 5.51. The van der Waals surface area contributed by atoms with Crippen molar-refractivity contribution in [1.29, 1.82) is 0 Å². The molecule has 1 atom stereocenters. The molecule has 4 nitrogen and oxygen atoms in total. The molecule has 0 fully saturated rings.